The van der Waals surface area contributed by atoms with Gasteiger partial charge in [-0.15, -0.1) is 0 Å². The summed E-state index contributed by atoms with van der Waals surface area (Å²) in [6.45, 7) is 1.68. The maximum Gasteiger partial charge on any atom is 0.251 e. The first-order chi connectivity index (χ1) is 11.8. The van der Waals surface area contributed by atoms with Gasteiger partial charge in [-0.25, -0.2) is 17.5 Å². The molecule has 3 N–H and O–H groups in total. The minimum absolute atomic E-state index is 0.0155. The average molecular weight is 366 g/mol. The van der Waals surface area contributed by atoms with Gasteiger partial charge in [0, 0.05) is 18.7 Å². The van der Waals surface area contributed by atoms with Gasteiger partial charge in [-0.1, -0.05) is 12.1 Å². The average Bonchev–Trinajstić information content (AvgIpc) is 2.59. The topological polar surface area (TPSA) is 95.5 Å². The SMILES string of the molecule is C[C@@H](O)CNC(=O)c1ccc(S(=O)(=O)NCc2ccc(F)cc2)cc1. The number of aliphatic hydroxyl groups is 1. The van der Waals surface area contributed by atoms with Crippen LogP contribution in [0, 0.1) is 5.82 Å². The molecule has 2 aromatic carbocycles. The van der Waals surface area contributed by atoms with E-state index in [0.29, 0.717) is 5.56 Å². The highest BCUT2D eigenvalue weighted by molar-refractivity contribution is 7.89. The van der Waals surface area contributed by atoms with Crippen molar-refractivity contribution in [3.05, 3.63) is 65.5 Å². The summed E-state index contributed by atoms with van der Waals surface area (Å²) in [7, 11) is -3.75. The summed E-state index contributed by atoms with van der Waals surface area (Å²) in [6.07, 6.45) is -0.667. The van der Waals surface area contributed by atoms with E-state index in [2.05, 4.69) is 10.0 Å². The lowest BCUT2D eigenvalue weighted by molar-refractivity contribution is 0.0924. The maximum absolute atomic E-state index is 12.8. The van der Waals surface area contributed by atoms with Gasteiger partial charge < -0.3 is 10.4 Å². The monoisotopic (exact) mass is 366 g/mol. The first-order valence-electron chi connectivity index (χ1n) is 7.58. The summed E-state index contributed by atoms with van der Waals surface area (Å²) in [6, 6.07) is 10.9. The molecule has 0 aliphatic rings. The normalized spacial score (nSPS) is 12.6. The second kappa shape index (κ2) is 8.19. The quantitative estimate of drug-likeness (QED) is 0.690. The Morgan fingerprint density at radius 1 is 1.12 bits per heavy atom. The second-order valence-electron chi connectivity index (χ2n) is 5.53. The fourth-order valence-corrected chi connectivity index (χ4v) is 3.01. The molecule has 0 aromatic heterocycles. The van der Waals surface area contributed by atoms with Crippen molar-refractivity contribution < 1.29 is 22.7 Å². The molecule has 0 aliphatic heterocycles. The fraction of sp³-hybridized carbons (Fsp3) is 0.235. The number of sulfonamides is 1. The van der Waals surface area contributed by atoms with Crippen molar-refractivity contribution in [1.29, 1.82) is 0 Å². The molecule has 2 aromatic rings. The molecule has 0 saturated heterocycles. The van der Waals surface area contributed by atoms with Crippen LogP contribution in [-0.2, 0) is 16.6 Å². The molecule has 1 amide bonds. The minimum atomic E-state index is -3.75. The van der Waals surface area contributed by atoms with Gasteiger partial charge in [0.05, 0.1) is 11.0 Å². The number of hydrogen-bond donors (Lipinski definition) is 3. The number of hydrogen-bond acceptors (Lipinski definition) is 4. The molecule has 0 radical (unpaired) electrons. The molecule has 6 nitrogen and oxygen atoms in total. The van der Waals surface area contributed by atoms with Crippen LogP contribution in [0.15, 0.2) is 53.4 Å². The molecule has 0 spiro atoms. The molecule has 2 rings (SSSR count). The lowest BCUT2D eigenvalue weighted by atomic mass is 10.2. The van der Waals surface area contributed by atoms with Gasteiger partial charge in [-0.3, -0.25) is 4.79 Å². The van der Waals surface area contributed by atoms with Crippen molar-refractivity contribution in [3.63, 3.8) is 0 Å². The zero-order valence-corrected chi connectivity index (χ0v) is 14.4. The summed E-state index contributed by atoms with van der Waals surface area (Å²) < 4.78 is 39.8. The predicted molar refractivity (Wildman–Crippen MR) is 90.9 cm³/mol. The Morgan fingerprint density at radius 3 is 2.28 bits per heavy atom. The molecule has 0 unspecified atom stereocenters. The van der Waals surface area contributed by atoms with Crippen LogP contribution in [0.4, 0.5) is 4.39 Å². The summed E-state index contributed by atoms with van der Waals surface area (Å²) in [5, 5.41) is 11.7. The highest BCUT2D eigenvalue weighted by Gasteiger charge is 2.15. The smallest absolute Gasteiger partial charge is 0.251 e. The van der Waals surface area contributed by atoms with Crippen LogP contribution < -0.4 is 10.0 Å². The standard InChI is InChI=1S/C17H19FN2O4S/c1-12(21)10-19-17(22)14-4-8-16(9-5-14)25(23,24)20-11-13-2-6-15(18)7-3-13/h2-9,12,20-21H,10-11H2,1H3,(H,19,22)/t12-/m1/s1. The Bertz CT molecular complexity index is 819. The zero-order valence-electron chi connectivity index (χ0n) is 13.6. The number of nitrogens with one attached hydrogen (secondary N) is 2. The Labute approximate surface area is 145 Å². The van der Waals surface area contributed by atoms with Gasteiger partial charge >= 0.3 is 0 Å². The third-order valence-corrected chi connectivity index (χ3v) is 4.78. The van der Waals surface area contributed by atoms with Crippen LogP contribution in [0.1, 0.15) is 22.8 Å². The zero-order chi connectivity index (χ0) is 18.4. The predicted octanol–water partition coefficient (Wildman–Crippen LogP) is 1.41. The van der Waals surface area contributed by atoms with Gasteiger partial charge in [0.15, 0.2) is 0 Å². The minimum Gasteiger partial charge on any atom is -0.392 e. The molecule has 0 aliphatic carbocycles. The van der Waals surface area contributed by atoms with E-state index in [-0.39, 0.29) is 23.5 Å². The van der Waals surface area contributed by atoms with E-state index >= 15 is 0 Å². The van der Waals surface area contributed by atoms with E-state index in [0.717, 1.165) is 0 Å². The molecule has 1 atom stereocenters. The van der Waals surface area contributed by atoms with Gasteiger partial charge in [-0.05, 0) is 48.9 Å². The first-order valence-corrected chi connectivity index (χ1v) is 9.07. The molecule has 0 saturated carbocycles. The van der Waals surface area contributed by atoms with E-state index in [4.69, 9.17) is 5.11 Å². The lowest BCUT2D eigenvalue weighted by Gasteiger charge is -2.09. The van der Waals surface area contributed by atoms with Crippen molar-refractivity contribution in [1.82, 2.24) is 10.0 Å². The van der Waals surface area contributed by atoms with Crippen molar-refractivity contribution >= 4 is 15.9 Å². The summed E-state index contributed by atoms with van der Waals surface area (Å²) >= 11 is 0. The Morgan fingerprint density at radius 2 is 1.72 bits per heavy atom. The molecule has 0 heterocycles. The number of rotatable bonds is 7. The van der Waals surface area contributed by atoms with Crippen molar-refractivity contribution in [2.24, 2.45) is 0 Å². The molecule has 0 fully saturated rings. The van der Waals surface area contributed by atoms with E-state index in [1.54, 1.807) is 6.92 Å². The van der Waals surface area contributed by atoms with Crippen LogP contribution in [0.25, 0.3) is 0 Å². The Balaban J connectivity index is 2.01. The van der Waals surface area contributed by atoms with Gasteiger partial charge in [0.1, 0.15) is 5.82 Å². The first kappa shape index (κ1) is 19.0. The highest BCUT2D eigenvalue weighted by Crippen LogP contribution is 2.12. The number of benzene rings is 2. The number of amides is 1. The van der Waals surface area contributed by atoms with Crippen LogP contribution in [-0.4, -0.2) is 32.1 Å². The molecular weight excluding hydrogens is 347 g/mol. The van der Waals surface area contributed by atoms with Crippen molar-refractivity contribution in [2.75, 3.05) is 6.54 Å². The van der Waals surface area contributed by atoms with Crippen LogP contribution >= 0.6 is 0 Å². The second-order valence-corrected chi connectivity index (χ2v) is 7.30. The van der Waals surface area contributed by atoms with E-state index in [1.165, 1.54) is 48.5 Å². The van der Waals surface area contributed by atoms with Crippen LogP contribution in [0.2, 0.25) is 0 Å². The van der Waals surface area contributed by atoms with E-state index in [1.807, 2.05) is 0 Å². The molecule has 25 heavy (non-hydrogen) atoms. The molecule has 0 bridgehead atoms. The number of aliphatic hydroxyl groups excluding tert-OH is 1. The largest absolute Gasteiger partial charge is 0.392 e. The molecular formula is C17H19FN2O4S. The summed E-state index contributed by atoms with van der Waals surface area (Å²) in [5.74, 6) is -0.791. The number of carbonyl (C=O) groups excluding carboxylic acids is 1. The fourth-order valence-electron chi connectivity index (χ4n) is 1.99. The van der Waals surface area contributed by atoms with E-state index in [9.17, 15) is 17.6 Å². The van der Waals surface area contributed by atoms with Crippen LogP contribution in [0.3, 0.4) is 0 Å². The van der Waals surface area contributed by atoms with Gasteiger partial charge in [-0.2, -0.15) is 0 Å². The highest BCUT2D eigenvalue weighted by atomic mass is 32.2. The Hall–Kier alpha value is -2.29. The van der Waals surface area contributed by atoms with Gasteiger partial charge in [0.2, 0.25) is 10.0 Å². The number of halogens is 1. The van der Waals surface area contributed by atoms with Crippen LogP contribution in [0.5, 0.6) is 0 Å². The van der Waals surface area contributed by atoms with Crippen molar-refractivity contribution in [3.8, 4) is 0 Å². The number of carbonyl (C=O) groups is 1. The lowest BCUT2D eigenvalue weighted by Crippen LogP contribution is -2.30. The third kappa shape index (κ3) is 5.63. The summed E-state index contributed by atoms with van der Waals surface area (Å²) in [5.41, 5.74) is 0.914. The van der Waals surface area contributed by atoms with E-state index < -0.39 is 27.9 Å². The Kier molecular flexibility index (Phi) is 6.24. The van der Waals surface area contributed by atoms with Gasteiger partial charge in [0.25, 0.3) is 5.91 Å². The maximum atomic E-state index is 12.8. The summed E-state index contributed by atoms with van der Waals surface area (Å²) in [4.78, 5) is 11.8. The molecule has 134 valence electrons. The third-order valence-electron chi connectivity index (χ3n) is 3.36. The van der Waals surface area contributed by atoms with Crippen molar-refractivity contribution in [2.45, 2.75) is 24.5 Å². The molecule has 8 heteroatoms.